The molecule has 0 heterocycles. The monoisotopic (exact) mass is 196 g/mol. The SMILES string of the molecule is CCC(O)CCCc1cccc(F)c1. The molecule has 1 rings (SSSR count). The van der Waals surface area contributed by atoms with Gasteiger partial charge in [-0.3, -0.25) is 0 Å². The van der Waals surface area contributed by atoms with Gasteiger partial charge in [-0.15, -0.1) is 0 Å². The molecule has 0 fully saturated rings. The van der Waals surface area contributed by atoms with Crippen molar-refractivity contribution in [3.8, 4) is 0 Å². The summed E-state index contributed by atoms with van der Waals surface area (Å²) < 4.78 is 12.8. The zero-order chi connectivity index (χ0) is 10.4. The average molecular weight is 196 g/mol. The fourth-order valence-electron chi connectivity index (χ4n) is 1.44. The summed E-state index contributed by atoms with van der Waals surface area (Å²) in [6, 6.07) is 6.64. The highest BCUT2D eigenvalue weighted by Gasteiger charge is 2.01. The predicted molar refractivity (Wildman–Crippen MR) is 55.6 cm³/mol. The number of hydrogen-bond donors (Lipinski definition) is 1. The van der Waals surface area contributed by atoms with E-state index in [0.717, 1.165) is 31.2 Å². The largest absolute Gasteiger partial charge is 0.393 e. The first-order chi connectivity index (χ1) is 6.72. The minimum atomic E-state index is -0.205. The zero-order valence-corrected chi connectivity index (χ0v) is 8.54. The van der Waals surface area contributed by atoms with E-state index in [0.29, 0.717) is 0 Å². The quantitative estimate of drug-likeness (QED) is 0.767. The predicted octanol–water partition coefficient (Wildman–Crippen LogP) is 2.92. The van der Waals surface area contributed by atoms with Crippen molar-refractivity contribution in [2.45, 2.75) is 38.7 Å². The van der Waals surface area contributed by atoms with Crippen molar-refractivity contribution in [3.05, 3.63) is 35.6 Å². The van der Waals surface area contributed by atoms with Crippen LogP contribution in [0, 0.1) is 5.82 Å². The Kier molecular flexibility index (Phi) is 4.60. The van der Waals surface area contributed by atoms with Crippen LogP contribution in [0.4, 0.5) is 4.39 Å². The molecule has 1 N–H and O–H groups in total. The van der Waals surface area contributed by atoms with E-state index in [4.69, 9.17) is 0 Å². The fourth-order valence-corrected chi connectivity index (χ4v) is 1.44. The molecule has 2 heteroatoms. The molecule has 1 aromatic carbocycles. The van der Waals surface area contributed by atoms with Crippen LogP contribution in [0.25, 0.3) is 0 Å². The van der Waals surface area contributed by atoms with Crippen molar-refractivity contribution >= 4 is 0 Å². The van der Waals surface area contributed by atoms with E-state index in [-0.39, 0.29) is 11.9 Å². The van der Waals surface area contributed by atoms with Gasteiger partial charge < -0.3 is 5.11 Å². The number of aliphatic hydroxyl groups excluding tert-OH is 1. The number of rotatable bonds is 5. The first-order valence-electron chi connectivity index (χ1n) is 5.15. The second kappa shape index (κ2) is 5.76. The molecule has 78 valence electrons. The van der Waals surface area contributed by atoms with Gasteiger partial charge in [-0.1, -0.05) is 19.1 Å². The molecule has 0 aliphatic heterocycles. The first-order valence-corrected chi connectivity index (χ1v) is 5.15. The standard InChI is InChI=1S/C12H17FO/c1-2-12(14)8-4-6-10-5-3-7-11(13)9-10/h3,5,7,9,12,14H,2,4,6,8H2,1H3. The molecule has 0 bridgehead atoms. The van der Waals surface area contributed by atoms with Crippen LogP contribution in [0.15, 0.2) is 24.3 Å². The molecular formula is C12H17FO. The van der Waals surface area contributed by atoms with E-state index >= 15 is 0 Å². The highest BCUT2D eigenvalue weighted by Crippen LogP contribution is 2.09. The highest BCUT2D eigenvalue weighted by molar-refractivity contribution is 5.16. The van der Waals surface area contributed by atoms with Gasteiger partial charge in [0.25, 0.3) is 0 Å². The summed E-state index contributed by atoms with van der Waals surface area (Å²) in [5, 5.41) is 9.32. The summed E-state index contributed by atoms with van der Waals surface area (Å²) in [5.74, 6) is -0.182. The summed E-state index contributed by atoms with van der Waals surface area (Å²) in [5.41, 5.74) is 1.01. The van der Waals surface area contributed by atoms with Crippen molar-refractivity contribution in [3.63, 3.8) is 0 Å². The lowest BCUT2D eigenvalue weighted by atomic mass is 10.0. The van der Waals surface area contributed by atoms with Crippen molar-refractivity contribution < 1.29 is 9.50 Å². The van der Waals surface area contributed by atoms with E-state index in [1.54, 1.807) is 12.1 Å². The van der Waals surface area contributed by atoms with Crippen LogP contribution >= 0.6 is 0 Å². The average Bonchev–Trinajstić information content (AvgIpc) is 2.17. The molecule has 14 heavy (non-hydrogen) atoms. The number of aryl methyl sites for hydroxylation is 1. The number of hydrogen-bond acceptors (Lipinski definition) is 1. The Labute approximate surface area is 84.6 Å². The van der Waals surface area contributed by atoms with E-state index < -0.39 is 0 Å². The van der Waals surface area contributed by atoms with Crippen LogP contribution in [0.2, 0.25) is 0 Å². The van der Waals surface area contributed by atoms with Crippen LogP contribution in [0.1, 0.15) is 31.7 Å². The summed E-state index contributed by atoms with van der Waals surface area (Å²) in [7, 11) is 0. The van der Waals surface area contributed by atoms with Gasteiger partial charge in [-0.05, 0) is 43.4 Å². The minimum absolute atomic E-state index is 0.182. The lowest BCUT2D eigenvalue weighted by Crippen LogP contribution is -2.04. The van der Waals surface area contributed by atoms with Crippen LogP contribution in [0.5, 0.6) is 0 Å². The topological polar surface area (TPSA) is 20.2 Å². The fraction of sp³-hybridized carbons (Fsp3) is 0.500. The van der Waals surface area contributed by atoms with Crippen LogP contribution in [-0.4, -0.2) is 11.2 Å². The molecule has 0 saturated carbocycles. The lowest BCUT2D eigenvalue weighted by molar-refractivity contribution is 0.158. The van der Waals surface area contributed by atoms with Gasteiger partial charge in [-0.25, -0.2) is 4.39 Å². The van der Waals surface area contributed by atoms with E-state index in [1.165, 1.54) is 6.07 Å². The second-order valence-corrected chi connectivity index (χ2v) is 3.58. The Bertz CT molecular complexity index is 273. The third kappa shape index (κ3) is 3.88. The lowest BCUT2D eigenvalue weighted by Gasteiger charge is -2.06. The van der Waals surface area contributed by atoms with Crippen LogP contribution < -0.4 is 0 Å². The molecule has 1 nitrogen and oxygen atoms in total. The molecule has 0 radical (unpaired) electrons. The molecule has 0 amide bonds. The van der Waals surface area contributed by atoms with E-state index in [2.05, 4.69) is 0 Å². The van der Waals surface area contributed by atoms with Gasteiger partial charge in [0.2, 0.25) is 0 Å². The zero-order valence-electron chi connectivity index (χ0n) is 8.54. The van der Waals surface area contributed by atoms with Crippen LogP contribution in [0.3, 0.4) is 0 Å². The molecule has 0 saturated heterocycles. The normalized spacial score (nSPS) is 12.8. The third-order valence-corrected chi connectivity index (χ3v) is 2.36. The Morgan fingerprint density at radius 3 is 2.86 bits per heavy atom. The maximum Gasteiger partial charge on any atom is 0.123 e. The Balaban J connectivity index is 2.31. The van der Waals surface area contributed by atoms with Gasteiger partial charge in [0.1, 0.15) is 5.82 Å². The molecule has 0 aromatic heterocycles. The molecule has 1 atom stereocenters. The second-order valence-electron chi connectivity index (χ2n) is 3.58. The maximum atomic E-state index is 12.8. The molecule has 0 spiro atoms. The number of halogens is 1. The van der Waals surface area contributed by atoms with E-state index in [9.17, 15) is 9.50 Å². The van der Waals surface area contributed by atoms with Crippen LogP contribution in [-0.2, 0) is 6.42 Å². The molecule has 0 aliphatic rings. The summed E-state index contributed by atoms with van der Waals surface area (Å²) in [4.78, 5) is 0. The summed E-state index contributed by atoms with van der Waals surface area (Å²) in [6.45, 7) is 1.97. The van der Waals surface area contributed by atoms with Crippen molar-refractivity contribution in [1.29, 1.82) is 0 Å². The smallest absolute Gasteiger partial charge is 0.123 e. The summed E-state index contributed by atoms with van der Waals surface area (Å²) in [6.07, 6.45) is 3.15. The van der Waals surface area contributed by atoms with Gasteiger partial charge in [0.15, 0.2) is 0 Å². The molecule has 1 unspecified atom stereocenters. The van der Waals surface area contributed by atoms with Crippen molar-refractivity contribution in [2.75, 3.05) is 0 Å². The molecule has 0 aliphatic carbocycles. The Morgan fingerprint density at radius 2 is 2.21 bits per heavy atom. The maximum absolute atomic E-state index is 12.8. The number of aliphatic hydroxyl groups is 1. The van der Waals surface area contributed by atoms with Gasteiger partial charge >= 0.3 is 0 Å². The Hall–Kier alpha value is -0.890. The van der Waals surface area contributed by atoms with Crippen molar-refractivity contribution in [2.24, 2.45) is 0 Å². The van der Waals surface area contributed by atoms with Gasteiger partial charge in [0.05, 0.1) is 6.10 Å². The van der Waals surface area contributed by atoms with E-state index in [1.807, 2.05) is 13.0 Å². The summed E-state index contributed by atoms with van der Waals surface area (Å²) >= 11 is 0. The van der Waals surface area contributed by atoms with Crippen molar-refractivity contribution in [1.82, 2.24) is 0 Å². The Morgan fingerprint density at radius 1 is 1.43 bits per heavy atom. The number of benzene rings is 1. The first kappa shape index (κ1) is 11.2. The highest BCUT2D eigenvalue weighted by atomic mass is 19.1. The van der Waals surface area contributed by atoms with Gasteiger partial charge in [-0.2, -0.15) is 0 Å². The van der Waals surface area contributed by atoms with Gasteiger partial charge in [0, 0.05) is 0 Å². The third-order valence-electron chi connectivity index (χ3n) is 2.36. The molecule has 1 aromatic rings. The molecular weight excluding hydrogens is 179 g/mol. The minimum Gasteiger partial charge on any atom is -0.393 e.